The summed E-state index contributed by atoms with van der Waals surface area (Å²) in [6.07, 6.45) is 5.07. The Bertz CT molecular complexity index is 882. The molecule has 0 atom stereocenters. The number of aryl methyl sites for hydroxylation is 1. The second kappa shape index (κ2) is 8.77. The van der Waals surface area contributed by atoms with Crippen LogP contribution in [0.2, 0.25) is 0 Å². The molecule has 0 aliphatic carbocycles. The lowest BCUT2D eigenvalue weighted by atomic mass is 10.1. The minimum atomic E-state index is 0.564. The molecule has 7 nitrogen and oxygen atoms in total. The molecule has 26 heavy (non-hydrogen) atoms. The standard InChI is InChI=1S/C18H21N5O2S/c1-3-14-13(11-24)15-16(20-8-9-25-4-2)22-18(23-17(15)21-14)26-12-6-5-7-19-10-12/h5-7,10-11H,3-4,8-9H2,1-2H3,(H2,20,21,22,23). The van der Waals surface area contributed by atoms with Gasteiger partial charge < -0.3 is 15.0 Å². The minimum Gasteiger partial charge on any atom is -0.380 e. The van der Waals surface area contributed by atoms with Gasteiger partial charge in [0, 0.05) is 41.7 Å². The van der Waals surface area contributed by atoms with E-state index in [-0.39, 0.29) is 0 Å². The van der Waals surface area contributed by atoms with Crippen LogP contribution in [0.4, 0.5) is 5.82 Å². The van der Waals surface area contributed by atoms with Gasteiger partial charge in [-0.1, -0.05) is 6.92 Å². The number of aromatic amines is 1. The Balaban J connectivity index is 2.00. The summed E-state index contributed by atoms with van der Waals surface area (Å²) in [6, 6.07) is 3.83. The summed E-state index contributed by atoms with van der Waals surface area (Å²) in [5.74, 6) is 0.638. The number of nitrogens with zero attached hydrogens (tertiary/aromatic N) is 3. The molecule has 0 aromatic carbocycles. The summed E-state index contributed by atoms with van der Waals surface area (Å²) in [6.45, 7) is 5.78. The summed E-state index contributed by atoms with van der Waals surface area (Å²) in [5.41, 5.74) is 2.13. The summed E-state index contributed by atoms with van der Waals surface area (Å²) >= 11 is 1.43. The van der Waals surface area contributed by atoms with Gasteiger partial charge in [-0.3, -0.25) is 9.78 Å². The van der Waals surface area contributed by atoms with Crippen LogP contribution < -0.4 is 5.32 Å². The molecule has 3 heterocycles. The van der Waals surface area contributed by atoms with Gasteiger partial charge in [-0.25, -0.2) is 9.97 Å². The van der Waals surface area contributed by atoms with E-state index in [1.807, 2.05) is 26.0 Å². The molecule has 3 rings (SSSR count). The number of ether oxygens (including phenoxy) is 1. The number of aldehydes is 1. The van der Waals surface area contributed by atoms with Gasteiger partial charge in [0.05, 0.1) is 12.0 Å². The van der Waals surface area contributed by atoms with Crippen LogP contribution >= 0.6 is 11.8 Å². The van der Waals surface area contributed by atoms with Crippen molar-refractivity contribution in [1.29, 1.82) is 0 Å². The largest absolute Gasteiger partial charge is 0.380 e. The van der Waals surface area contributed by atoms with Crippen LogP contribution in [0.3, 0.4) is 0 Å². The van der Waals surface area contributed by atoms with Crippen LogP contribution in [0.25, 0.3) is 11.0 Å². The fourth-order valence-corrected chi connectivity index (χ4v) is 3.37. The van der Waals surface area contributed by atoms with Gasteiger partial charge >= 0.3 is 0 Å². The lowest BCUT2D eigenvalue weighted by molar-refractivity contribution is 0.112. The van der Waals surface area contributed by atoms with Gasteiger partial charge in [-0.15, -0.1) is 0 Å². The lowest BCUT2D eigenvalue weighted by Crippen LogP contribution is -2.11. The number of carbonyl (C=O) groups is 1. The molecule has 0 bridgehead atoms. The molecule has 0 aliphatic heterocycles. The molecule has 0 fully saturated rings. The van der Waals surface area contributed by atoms with E-state index >= 15 is 0 Å². The van der Waals surface area contributed by atoms with E-state index in [1.165, 1.54) is 11.8 Å². The van der Waals surface area contributed by atoms with Crippen molar-refractivity contribution >= 4 is 34.9 Å². The molecule has 0 spiro atoms. The van der Waals surface area contributed by atoms with Crippen LogP contribution in [0, 0.1) is 0 Å². The number of pyridine rings is 1. The molecule has 0 radical (unpaired) electrons. The second-order valence-electron chi connectivity index (χ2n) is 5.48. The highest BCUT2D eigenvalue weighted by atomic mass is 32.2. The average molecular weight is 371 g/mol. The molecular formula is C18H21N5O2S. The number of nitrogens with one attached hydrogen (secondary N) is 2. The van der Waals surface area contributed by atoms with Crippen molar-refractivity contribution in [2.75, 3.05) is 25.1 Å². The zero-order valence-electron chi connectivity index (χ0n) is 14.8. The van der Waals surface area contributed by atoms with E-state index in [0.717, 1.165) is 22.3 Å². The van der Waals surface area contributed by atoms with Crippen molar-refractivity contribution in [3.63, 3.8) is 0 Å². The molecule has 0 aliphatic rings. The minimum absolute atomic E-state index is 0.564. The Morgan fingerprint density at radius 2 is 2.23 bits per heavy atom. The normalized spacial score (nSPS) is 11.0. The summed E-state index contributed by atoms with van der Waals surface area (Å²) in [4.78, 5) is 29.2. The van der Waals surface area contributed by atoms with Crippen molar-refractivity contribution < 1.29 is 9.53 Å². The van der Waals surface area contributed by atoms with Crippen LogP contribution in [0.15, 0.2) is 34.6 Å². The molecule has 0 unspecified atom stereocenters. The van der Waals surface area contributed by atoms with E-state index < -0.39 is 0 Å². The highest BCUT2D eigenvalue weighted by molar-refractivity contribution is 7.99. The first-order valence-electron chi connectivity index (χ1n) is 8.54. The third-order valence-electron chi connectivity index (χ3n) is 3.81. The number of carbonyl (C=O) groups excluding carboxylic acids is 1. The highest BCUT2D eigenvalue weighted by Crippen LogP contribution is 2.31. The third kappa shape index (κ3) is 4.03. The molecule has 0 saturated carbocycles. The fourth-order valence-electron chi connectivity index (χ4n) is 2.63. The molecule has 2 N–H and O–H groups in total. The first-order chi connectivity index (χ1) is 12.8. The maximum Gasteiger partial charge on any atom is 0.196 e. The SMILES string of the molecule is CCOCCNc1nc(Sc2cccnc2)nc2[nH]c(CC)c(C=O)c12. The molecule has 8 heteroatoms. The van der Waals surface area contributed by atoms with E-state index in [0.29, 0.717) is 48.4 Å². The number of anilines is 1. The van der Waals surface area contributed by atoms with Gasteiger partial charge in [0.15, 0.2) is 11.4 Å². The van der Waals surface area contributed by atoms with E-state index in [4.69, 9.17) is 4.74 Å². The highest BCUT2D eigenvalue weighted by Gasteiger charge is 2.17. The lowest BCUT2D eigenvalue weighted by Gasteiger charge is -2.09. The van der Waals surface area contributed by atoms with Crippen molar-refractivity contribution in [2.24, 2.45) is 0 Å². The summed E-state index contributed by atoms with van der Waals surface area (Å²) in [7, 11) is 0. The quantitative estimate of drug-likeness (QED) is 0.338. The predicted octanol–water partition coefficient (Wildman–Crippen LogP) is 3.33. The maximum absolute atomic E-state index is 11.6. The summed E-state index contributed by atoms with van der Waals surface area (Å²) in [5, 5.41) is 4.59. The molecule has 3 aromatic rings. The first-order valence-corrected chi connectivity index (χ1v) is 9.35. The fraction of sp³-hybridized carbons (Fsp3) is 0.333. The predicted molar refractivity (Wildman–Crippen MR) is 102 cm³/mol. The maximum atomic E-state index is 11.6. The van der Waals surface area contributed by atoms with E-state index in [1.54, 1.807) is 12.4 Å². The molecule has 3 aromatic heterocycles. The van der Waals surface area contributed by atoms with Crippen LogP contribution in [0.1, 0.15) is 29.9 Å². The monoisotopic (exact) mass is 371 g/mol. The number of hydrogen-bond acceptors (Lipinski definition) is 7. The Morgan fingerprint density at radius 1 is 1.35 bits per heavy atom. The number of rotatable bonds is 9. The second-order valence-corrected chi connectivity index (χ2v) is 6.52. The summed E-state index contributed by atoms with van der Waals surface area (Å²) < 4.78 is 5.38. The number of hydrogen-bond donors (Lipinski definition) is 2. The number of aromatic nitrogens is 4. The smallest absolute Gasteiger partial charge is 0.196 e. The zero-order valence-corrected chi connectivity index (χ0v) is 15.6. The Labute approximate surface area is 156 Å². The topological polar surface area (TPSA) is 92.8 Å². The van der Waals surface area contributed by atoms with Gasteiger partial charge in [-0.2, -0.15) is 0 Å². The van der Waals surface area contributed by atoms with Crippen molar-refractivity contribution in [3.8, 4) is 0 Å². The van der Waals surface area contributed by atoms with Crippen LogP contribution in [-0.2, 0) is 11.2 Å². The molecular weight excluding hydrogens is 350 g/mol. The van der Waals surface area contributed by atoms with Gasteiger partial charge in [0.25, 0.3) is 0 Å². The Hall–Kier alpha value is -2.45. The third-order valence-corrected chi connectivity index (χ3v) is 4.65. The molecule has 0 amide bonds. The number of fused-ring (bicyclic) bond motifs is 1. The first kappa shape index (κ1) is 18.3. The van der Waals surface area contributed by atoms with Crippen LogP contribution in [0.5, 0.6) is 0 Å². The van der Waals surface area contributed by atoms with Crippen LogP contribution in [-0.4, -0.2) is 46.0 Å². The number of H-pyrrole nitrogens is 1. The van der Waals surface area contributed by atoms with Crippen molar-refractivity contribution in [1.82, 2.24) is 19.9 Å². The zero-order chi connectivity index (χ0) is 18.4. The van der Waals surface area contributed by atoms with Gasteiger partial charge in [0.2, 0.25) is 0 Å². The van der Waals surface area contributed by atoms with Gasteiger partial charge in [-0.05, 0) is 37.2 Å². The van der Waals surface area contributed by atoms with Crippen molar-refractivity contribution in [2.45, 2.75) is 30.3 Å². The van der Waals surface area contributed by atoms with E-state index in [2.05, 4.69) is 25.3 Å². The molecule has 136 valence electrons. The van der Waals surface area contributed by atoms with Gasteiger partial charge in [0.1, 0.15) is 11.5 Å². The van der Waals surface area contributed by atoms with E-state index in [9.17, 15) is 4.79 Å². The Morgan fingerprint density at radius 3 is 2.92 bits per heavy atom. The molecule has 0 saturated heterocycles. The Kier molecular flexibility index (Phi) is 6.19. The average Bonchev–Trinajstić information content (AvgIpc) is 3.03. The van der Waals surface area contributed by atoms with Crippen molar-refractivity contribution in [3.05, 3.63) is 35.8 Å².